The van der Waals surface area contributed by atoms with Gasteiger partial charge in [-0.1, -0.05) is 6.07 Å². The van der Waals surface area contributed by atoms with Crippen LogP contribution in [0.15, 0.2) is 24.3 Å². The number of piperazine rings is 1. The van der Waals surface area contributed by atoms with E-state index in [2.05, 4.69) is 0 Å². The van der Waals surface area contributed by atoms with Crippen LogP contribution in [-0.2, 0) is 4.79 Å². The molecule has 1 atom stereocenters. The quantitative estimate of drug-likeness (QED) is 0.855. The Kier molecular flexibility index (Phi) is 4.34. The molecule has 1 heterocycles. The first kappa shape index (κ1) is 14.5. The molecule has 1 aliphatic rings. The highest BCUT2D eigenvalue weighted by Gasteiger charge is 2.26. The number of carbonyl (C=O) groups excluding carboxylic acids is 2. The zero-order chi connectivity index (χ0) is 14.7. The number of hydrogen-bond donors (Lipinski definition) is 1. The van der Waals surface area contributed by atoms with E-state index in [4.69, 9.17) is 5.73 Å². The molecule has 1 saturated heterocycles. The van der Waals surface area contributed by atoms with Crippen LogP contribution < -0.4 is 5.73 Å². The average Bonchev–Trinajstić information content (AvgIpc) is 2.46. The van der Waals surface area contributed by atoms with E-state index in [9.17, 15) is 14.0 Å². The first-order valence-corrected chi connectivity index (χ1v) is 6.58. The maximum Gasteiger partial charge on any atom is 0.254 e. The normalized spacial score (nSPS) is 16.9. The average molecular weight is 279 g/mol. The SMILES string of the molecule is C[C@@H](N)C(=O)N1CCN(C(=O)c2cccc(F)c2)CC1. The van der Waals surface area contributed by atoms with Gasteiger partial charge in [0.05, 0.1) is 6.04 Å². The number of carbonyl (C=O) groups is 2. The molecule has 0 spiro atoms. The molecule has 1 aliphatic heterocycles. The minimum atomic E-state index is -0.527. The van der Waals surface area contributed by atoms with Gasteiger partial charge in [-0.05, 0) is 25.1 Å². The molecular formula is C14H18FN3O2. The van der Waals surface area contributed by atoms with Crippen LogP contribution in [0.3, 0.4) is 0 Å². The Bertz CT molecular complexity index is 511. The van der Waals surface area contributed by atoms with Crippen molar-refractivity contribution in [2.24, 2.45) is 5.73 Å². The standard InChI is InChI=1S/C14H18FN3O2/c1-10(16)13(19)17-5-7-18(8-6-17)14(20)11-3-2-4-12(15)9-11/h2-4,9-10H,5-8,16H2,1H3/t10-/m1/s1. The number of amides is 2. The van der Waals surface area contributed by atoms with Crippen LogP contribution in [0.25, 0.3) is 0 Å². The van der Waals surface area contributed by atoms with E-state index in [1.807, 2.05) is 0 Å². The lowest BCUT2D eigenvalue weighted by atomic mass is 10.1. The lowest BCUT2D eigenvalue weighted by molar-refractivity contribution is -0.133. The van der Waals surface area contributed by atoms with E-state index in [-0.39, 0.29) is 11.8 Å². The number of halogens is 1. The minimum Gasteiger partial charge on any atom is -0.338 e. The third kappa shape index (κ3) is 3.14. The van der Waals surface area contributed by atoms with E-state index in [1.54, 1.807) is 22.8 Å². The highest BCUT2D eigenvalue weighted by atomic mass is 19.1. The van der Waals surface area contributed by atoms with Gasteiger partial charge in [-0.2, -0.15) is 0 Å². The fourth-order valence-electron chi connectivity index (χ4n) is 2.22. The summed E-state index contributed by atoms with van der Waals surface area (Å²) in [5, 5.41) is 0. The van der Waals surface area contributed by atoms with Gasteiger partial charge in [0.25, 0.3) is 5.91 Å². The summed E-state index contributed by atoms with van der Waals surface area (Å²) in [5.74, 6) is -0.748. The fourth-order valence-corrected chi connectivity index (χ4v) is 2.22. The van der Waals surface area contributed by atoms with Gasteiger partial charge in [-0.25, -0.2) is 4.39 Å². The Balaban J connectivity index is 1.97. The van der Waals surface area contributed by atoms with Gasteiger partial charge >= 0.3 is 0 Å². The van der Waals surface area contributed by atoms with Gasteiger partial charge in [-0.15, -0.1) is 0 Å². The second-order valence-electron chi connectivity index (χ2n) is 4.92. The Hall–Kier alpha value is -1.95. The number of benzene rings is 1. The molecule has 0 saturated carbocycles. The highest BCUT2D eigenvalue weighted by molar-refractivity contribution is 5.94. The molecule has 108 valence electrons. The van der Waals surface area contributed by atoms with Crippen LogP contribution in [0.4, 0.5) is 4.39 Å². The van der Waals surface area contributed by atoms with E-state index in [0.29, 0.717) is 31.7 Å². The van der Waals surface area contributed by atoms with Gasteiger partial charge in [0.1, 0.15) is 5.82 Å². The van der Waals surface area contributed by atoms with Gasteiger partial charge in [0.2, 0.25) is 5.91 Å². The molecule has 2 rings (SSSR count). The van der Waals surface area contributed by atoms with Crippen molar-refractivity contribution in [2.75, 3.05) is 26.2 Å². The van der Waals surface area contributed by atoms with Crippen LogP contribution in [0.1, 0.15) is 17.3 Å². The highest BCUT2D eigenvalue weighted by Crippen LogP contribution is 2.10. The van der Waals surface area contributed by atoms with Crippen molar-refractivity contribution in [1.29, 1.82) is 0 Å². The third-order valence-corrected chi connectivity index (χ3v) is 3.34. The lowest BCUT2D eigenvalue weighted by Crippen LogP contribution is -2.53. The molecule has 1 fully saturated rings. The topological polar surface area (TPSA) is 66.6 Å². The molecule has 2 N–H and O–H groups in total. The molecule has 20 heavy (non-hydrogen) atoms. The first-order valence-electron chi connectivity index (χ1n) is 6.58. The Morgan fingerprint density at radius 2 is 1.80 bits per heavy atom. The van der Waals surface area contributed by atoms with Gasteiger partial charge < -0.3 is 15.5 Å². The number of nitrogens with two attached hydrogens (primary N) is 1. The van der Waals surface area contributed by atoms with Crippen LogP contribution in [-0.4, -0.2) is 53.8 Å². The molecule has 1 aromatic rings. The van der Waals surface area contributed by atoms with Gasteiger partial charge in [-0.3, -0.25) is 9.59 Å². The summed E-state index contributed by atoms with van der Waals surface area (Å²) in [6.45, 7) is 3.44. The van der Waals surface area contributed by atoms with Crippen molar-refractivity contribution in [3.63, 3.8) is 0 Å². The van der Waals surface area contributed by atoms with E-state index in [0.717, 1.165) is 0 Å². The Morgan fingerprint density at radius 3 is 2.35 bits per heavy atom. The summed E-state index contributed by atoms with van der Waals surface area (Å²) >= 11 is 0. The summed E-state index contributed by atoms with van der Waals surface area (Å²) in [5.41, 5.74) is 5.89. The van der Waals surface area contributed by atoms with Crippen LogP contribution >= 0.6 is 0 Å². The van der Waals surface area contributed by atoms with Crippen molar-refractivity contribution < 1.29 is 14.0 Å². The number of nitrogens with zero attached hydrogens (tertiary/aromatic N) is 2. The Morgan fingerprint density at radius 1 is 1.20 bits per heavy atom. The predicted molar refractivity (Wildman–Crippen MR) is 72.5 cm³/mol. The van der Waals surface area contributed by atoms with Crippen molar-refractivity contribution in [3.05, 3.63) is 35.6 Å². The molecule has 5 nitrogen and oxygen atoms in total. The third-order valence-electron chi connectivity index (χ3n) is 3.34. The van der Waals surface area contributed by atoms with Gasteiger partial charge in [0.15, 0.2) is 0 Å². The maximum absolute atomic E-state index is 13.1. The second-order valence-corrected chi connectivity index (χ2v) is 4.92. The first-order chi connectivity index (χ1) is 9.49. The van der Waals surface area contributed by atoms with Crippen molar-refractivity contribution in [3.8, 4) is 0 Å². The smallest absolute Gasteiger partial charge is 0.254 e. The number of rotatable bonds is 2. The van der Waals surface area contributed by atoms with E-state index < -0.39 is 11.9 Å². The van der Waals surface area contributed by atoms with E-state index in [1.165, 1.54) is 18.2 Å². The predicted octanol–water partition coefficient (Wildman–Crippen LogP) is 0.457. The van der Waals surface area contributed by atoms with Crippen LogP contribution in [0.2, 0.25) is 0 Å². The minimum absolute atomic E-state index is 0.108. The molecule has 0 unspecified atom stereocenters. The van der Waals surface area contributed by atoms with Crippen LogP contribution in [0, 0.1) is 5.82 Å². The Labute approximate surface area is 117 Å². The number of hydrogen-bond acceptors (Lipinski definition) is 3. The largest absolute Gasteiger partial charge is 0.338 e. The molecule has 1 aromatic carbocycles. The van der Waals surface area contributed by atoms with E-state index >= 15 is 0 Å². The monoisotopic (exact) mass is 279 g/mol. The lowest BCUT2D eigenvalue weighted by Gasteiger charge is -2.35. The van der Waals surface area contributed by atoms with Crippen molar-refractivity contribution in [2.45, 2.75) is 13.0 Å². The molecule has 0 radical (unpaired) electrons. The molecule has 0 aromatic heterocycles. The second kappa shape index (κ2) is 6.00. The maximum atomic E-state index is 13.1. The summed E-state index contributed by atoms with van der Waals surface area (Å²) in [6, 6.07) is 5.10. The molecule has 6 heteroatoms. The zero-order valence-corrected chi connectivity index (χ0v) is 11.4. The van der Waals surface area contributed by atoms with Gasteiger partial charge in [0, 0.05) is 31.7 Å². The van der Waals surface area contributed by atoms with Crippen LogP contribution in [0.5, 0.6) is 0 Å². The molecule has 0 bridgehead atoms. The fraction of sp³-hybridized carbons (Fsp3) is 0.429. The summed E-state index contributed by atoms with van der Waals surface area (Å²) < 4.78 is 13.1. The molecule has 2 amide bonds. The van der Waals surface area contributed by atoms with Crippen molar-refractivity contribution >= 4 is 11.8 Å². The summed E-state index contributed by atoms with van der Waals surface area (Å²) in [7, 11) is 0. The summed E-state index contributed by atoms with van der Waals surface area (Å²) in [4.78, 5) is 27.2. The molecule has 0 aliphatic carbocycles. The molecular weight excluding hydrogens is 261 g/mol. The van der Waals surface area contributed by atoms with Crippen molar-refractivity contribution in [1.82, 2.24) is 9.80 Å². The summed E-state index contributed by atoms with van der Waals surface area (Å²) in [6.07, 6.45) is 0. The zero-order valence-electron chi connectivity index (χ0n) is 11.4.